The van der Waals surface area contributed by atoms with Gasteiger partial charge in [-0.3, -0.25) is 0 Å². The van der Waals surface area contributed by atoms with Crippen LogP contribution in [0.1, 0.15) is 10.4 Å². The maximum Gasteiger partial charge on any atom is 0.138 e. The fourth-order valence-electron chi connectivity index (χ4n) is 1.30. The first kappa shape index (κ1) is 12.0. The predicted octanol–water partition coefficient (Wildman–Crippen LogP) is 5.05. The summed E-state index contributed by atoms with van der Waals surface area (Å²) in [6.45, 7) is 2.57. The molecule has 1 heterocycles. The first-order chi connectivity index (χ1) is 7.65. The van der Waals surface area contributed by atoms with Crippen molar-refractivity contribution in [3.05, 3.63) is 49.6 Å². The zero-order valence-electron chi connectivity index (χ0n) is 8.67. The van der Waals surface area contributed by atoms with Gasteiger partial charge in [-0.15, -0.1) is 11.3 Å². The van der Waals surface area contributed by atoms with E-state index in [4.69, 9.17) is 16.3 Å². The molecule has 2 aromatic rings. The molecule has 0 unspecified atom stereocenters. The molecule has 0 aliphatic heterocycles. The molecule has 0 aliphatic carbocycles. The van der Waals surface area contributed by atoms with Crippen LogP contribution in [0.5, 0.6) is 5.75 Å². The molecule has 0 amide bonds. The monoisotopic (exact) mass is 316 g/mol. The first-order valence-electron chi connectivity index (χ1n) is 4.78. The van der Waals surface area contributed by atoms with Crippen LogP contribution in [0.3, 0.4) is 0 Å². The van der Waals surface area contributed by atoms with E-state index in [1.165, 1.54) is 4.88 Å². The maximum absolute atomic E-state index is 6.04. The van der Waals surface area contributed by atoms with Gasteiger partial charge >= 0.3 is 0 Å². The number of halogens is 2. The van der Waals surface area contributed by atoms with Crippen molar-refractivity contribution in [2.75, 3.05) is 0 Å². The van der Waals surface area contributed by atoms with E-state index in [1.54, 1.807) is 11.3 Å². The molecule has 0 spiro atoms. The van der Waals surface area contributed by atoms with E-state index in [-0.39, 0.29) is 0 Å². The molecule has 4 heteroatoms. The summed E-state index contributed by atoms with van der Waals surface area (Å²) >= 11 is 11.1. The second-order valence-electron chi connectivity index (χ2n) is 3.43. The minimum absolute atomic E-state index is 0.555. The van der Waals surface area contributed by atoms with Crippen molar-refractivity contribution in [1.29, 1.82) is 0 Å². The highest BCUT2D eigenvalue weighted by molar-refractivity contribution is 9.11. The fraction of sp³-hybridized carbons (Fsp3) is 0.167. The summed E-state index contributed by atoms with van der Waals surface area (Å²) in [4.78, 5) is 1.17. The Kier molecular flexibility index (Phi) is 3.90. The van der Waals surface area contributed by atoms with Gasteiger partial charge in [0.1, 0.15) is 12.4 Å². The molecular weight excluding hydrogens is 308 g/mol. The number of ether oxygens (including phenoxy) is 1. The van der Waals surface area contributed by atoms with Crippen molar-refractivity contribution in [2.24, 2.45) is 0 Å². The number of rotatable bonds is 3. The Balaban J connectivity index is 2.07. The standard InChI is InChI=1S/C12H10BrClOS/c1-8-2-4-10(14)11(6-8)15-7-9-3-5-12(13)16-9/h2-6H,7H2,1H3. The number of aryl methyl sites for hydroxylation is 1. The van der Waals surface area contributed by atoms with E-state index >= 15 is 0 Å². The van der Waals surface area contributed by atoms with Gasteiger partial charge in [0, 0.05) is 4.88 Å². The molecule has 0 radical (unpaired) electrons. The Hall–Kier alpha value is -0.510. The zero-order chi connectivity index (χ0) is 11.5. The average molecular weight is 318 g/mol. The van der Waals surface area contributed by atoms with E-state index in [9.17, 15) is 0 Å². The van der Waals surface area contributed by atoms with E-state index in [2.05, 4.69) is 15.9 Å². The van der Waals surface area contributed by atoms with Crippen LogP contribution in [-0.2, 0) is 6.61 Å². The zero-order valence-corrected chi connectivity index (χ0v) is 11.8. The third-order valence-corrected chi connectivity index (χ3v) is 3.99. The molecule has 0 saturated carbocycles. The Morgan fingerprint density at radius 1 is 1.31 bits per heavy atom. The quantitative estimate of drug-likeness (QED) is 0.769. The van der Waals surface area contributed by atoms with Crippen molar-refractivity contribution in [3.8, 4) is 5.75 Å². The Labute approximate surface area is 112 Å². The molecule has 84 valence electrons. The molecule has 0 bridgehead atoms. The number of hydrogen-bond donors (Lipinski definition) is 0. The molecular formula is C12H10BrClOS. The highest BCUT2D eigenvalue weighted by Gasteiger charge is 2.03. The minimum Gasteiger partial charge on any atom is -0.486 e. The molecule has 1 aromatic carbocycles. The van der Waals surface area contributed by atoms with Gasteiger partial charge < -0.3 is 4.74 Å². The summed E-state index contributed by atoms with van der Waals surface area (Å²) < 4.78 is 6.79. The lowest BCUT2D eigenvalue weighted by Gasteiger charge is -2.07. The first-order valence-corrected chi connectivity index (χ1v) is 6.77. The summed E-state index contributed by atoms with van der Waals surface area (Å²) in [5, 5.41) is 0.654. The predicted molar refractivity (Wildman–Crippen MR) is 72.5 cm³/mol. The van der Waals surface area contributed by atoms with Gasteiger partial charge in [-0.25, -0.2) is 0 Å². The minimum atomic E-state index is 0.555. The van der Waals surface area contributed by atoms with E-state index in [0.717, 1.165) is 15.1 Å². The molecule has 1 aromatic heterocycles. The number of hydrogen-bond acceptors (Lipinski definition) is 2. The largest absolute Gasteiger partial charge is 0.486 e. The lowest BCUT2D eigenvalue weighted by atomic mass is 10.2. The van der Waals surface area contributed by atoms with Crippen molar-refractivity contribution in [3.63, 3.8) is 0 Å². The number of benzene rings is 1. The maximum atomic E-state index is 6.04. The average Bonchev–Trinajstić information content (AvgIpc) is 2.66. The highest BCUT2D eigenvalue weighted by atomic mass is 79.9. The smallest absolute Gasteiger partial charge is 0.138 e. The summed E-state index contributed by atoms with van der Waals surface area (Å²) in [5.41, 5.74) is 1.15. The topological polar surface area (TPSA) is 9.23 Å². The Morgan fingerprint density at radius 3 is 2.81 bits per heavy atom. The number of thiophene rings is 1. The van der Waals surface area contributed by atoms with Gasteiger partial charge in [-0.1, -0.05) is 17.7 Å². The third kappa shape index (κ3) is 3.00. The Bertz CT molecular complexity index is 496. The van der Waals surface area contributed by atoms with Crippen LogP contribution in [0, 0.1) is 6.92 Å². The van der Waals surface area contributed by atoms with Gasteiger partial charge in [-0.2, -0.15) is 0 Å². The van der Waals surface area contributed by atoms with Gasteiger partial charge in [0.05, 0.1) is 8.81 Å². The Morgan fingerprint density at radius 2 is 2.12 bits per heavy atom. The van der Waals surface area contributed by atoms with Gasteiger partial charge in [-0.05, 0) is 52.7 Å². The summed E-state index contributed by atoms with van der Waals surface area (Å²) in [6.07, 6.45) is 0. The highest BCUT2D eigenvalue weighted by Crippen LogP contribution is 2.28. The van der Waals surface area contributed by atoms with Crippen molar-refractivity contribution in [2.45, 2.75) is 13.5 Å². The molecule has 2 rings (SSSR count). The van der Waals surface area contributed by atoms with Crippen LogP contribution in [0.15, 0.2) is 34.1 Å². The molecule has 16 heavy (non-hydrogen) atoms. The van der Waals surface area contributed by atoms with Crippen LogP contribution in [-0.4, -0.2) is 0 Å². The van der Waals surface area contributed by atoms with E-state index in [1.807, 2.05) is 37.3 Å². The second-order valence-corrected chi connectivity index (χ2v) is 6.38. The molecule has 0 N–H and O–H groups in total. The molecule has 0 fully saturated rings. The third-order valence-electron chi connectivity index (χ3n) is 2.09. The van der Waals surface area contributed by atoms with Gasteiger partial charge in [0.15, 0.2) is 0 Å². The van der Waals surface area contributed by atoms with Gasteiger partial charge in [0.2, 0.25) is 0 Å². The van der Waals surface area contributed by atoms with Crippen LogP contribution >= 0.6 is 38.9 Å². The molecule has 0 aliphatic rings. The summed E-state index contributed by atoms with van der Waals surface area (Å²) in [5.74, 6) is 0.742. The second kappa shape index (κ2) is 5.21. The van der Waals surface area contributed by atoms with Gasteiger partial charge in [0.25, 0.3) is 0 Å². The molecule has 0 atom stereocenters. The summed E-state index contributed by atoms with van der Waals surface area (Å²) in [6, 6.07) is 9.83. The van der Waals surface area contributed by atoms with Crippen molar-refractivity contribution >= 4 is 38.9 Å². The fourth-order valence-corrected chi connectivity index (χ4v) is 2.87. The normalized spacial score (nSPS) is 10.4. The van der Waals surface area contributed by atoms with Crippen LogP contribution < -0.4 is 4.74 Å². The van der Waals surface area contributed by atoms with Crippen LogP contribution in [0.25, 0.3) is 0 Å². The van der Waals surface area contributed by atoms with E-state index < -0.39 is 0 Å². The van der Waals surface area contributed by atoms with E-state index in [0.29, 0.717) is 11.6 Å². The van der Waals surface area contributed by atoms with Crippen molar-refractivity contribution in [1.82, 2.24) is 0 Å². The van der Waals surface area contributed by atoms with Crippen molar-refractivity contribution < 1.29 is 4.74 Å². The summed E-state index contributed by atoms with van der Waals surface area (Å²) in [7, 11) is 0. The SMILES string of the molecule is Cc1ccc(Cl)c(OCc2ccc(Br)s2)c1. The van der Waals surface area contributed by atoms with Crippen LogP contribution in [0.4, 0.5) is 0 Å². The lowest BCUT2D eigenvalue weighted by Crippen LogP contribution is -1.93. The molecule has 0 saturated heterocycles. The van der Waals surface area contributed by atoms with Crippen LogP contribution in [0.2, 0.25) is 5.02 Å². The molecule has 1 nitrogen and oxygen atoms in total. The lowest BCUT2D eigenvalue weighted by molar-refractivity contribution is 0.310.